The largest absolute Gasteiger partial charge is 0.472 e. The molecule has 4 rings (SSSR count). The van der Waals surface area contributed by atoms with Crippen LogP contribution in [-0.4, -0.2) is 57.4 Å². The van der Waals surface area contributed by atoms with E-state index >= 15 is 0 Å². The Kier molecular flexibility index (Phi) is 7.00. The molecule has 1 aliphatic heterocycles. The highest BCUT2D eigenvalue weighted by molar-refractivity contribution is 5.87. The number of fused-ring (bicyclic) bond motifs is 1. The average Bonchev–Trinajstić information content (AvgIpc) is 3.26. The van der Waals surface area contributed by atoms with Crippen LogP contribution < -0.4 is 14.8 Å². The van der Waals surface area contributed by atoms with Crippen molar-refractivity contribution < 1.29 is 36.6 Å². The summed E-state index contributed by atoms with van der Waals surface area (Å²) in [6.07, 6.45) is 0.995. The minimum Gasteiger partial charge on any atom is -0.472 e. The number of nitrogens with zero attached hydrogens (tertiary/aromatic N) is 4. The molecule has 192 valence electrons. The standard InChI is InChI=1S/C23H23F4N5O4/c1-23(2,3)36-22(33)32-9-8-12(10-32)34-16-7-5-14-19(31-16)20(29-11-28-14)30-13-4-6-15(35-21(26)27)18(25)17(13)24/h4-7,11-12,21H,8-10H2,1-3H3,(H,28,29,30)/t12-/m0/s1. The fourth-order valence-corrected chi connectivity index (χ4v) is 3.51. The summed E-state index contributed by atoms with van der Waals surface area (Å²) in [5, 5.41) is 2.60. The number of nitrogens with one attached hydrogen (secondary N) is 1. The first kappa shape index (κ1) is 25.2. The van der Waals surface area contributed by atoms with Gasteiger partial charge in [-0.15, -0.1) is 0 Å². The molecule has 0 saturated carbocycles. The minimum atomic E-state index is -3.30. The summed E-state index contributed by atoms with van der Waals surface area (Å²) in [7, 11) is 0. The molecule has 2 aromatic heterocycles. The van der Waals surface area contributed by atoms with Crippen LogP contribution in [0, 0.1) is 11.6 Å². The van der Waals surface area contributed by atoms with Crippen molar-refractivity contribution in [3.05, 3.63) is 42.2 Å². The van der Waals surface area contributed by atoms with Gasteiger partial charge in [0.15, 0.2) is 17.4 Å². The lowest BCUT2D eigenvalue weighted by Gasteiger charge is -2.24. The molecule has 1 N–H and O–H groups in total. The maximum absolute atomic E-state index is 14.5. The molecule has 0 radical (unpaired) electrons. The Labute approximate surface area is 203 Å². The SMILES string of the molecule is CC(C)(C)OC(=O)N1CC[C@H](Oc2ccc3ncnc(Nc4ccc(OC(F)F)c(F)c4F)c3n2)C1. The number of amides is 1. The Balaban J connectivity index is 1.51. The molecule has 1 saturated heterocycles. The van der Waals surface area contributed by atoms with Crippen molar-refractivity contribution >= 4 is 28.6 Å². The third-order valence-electron chi connectivity index (χ3n) is 5.06. The normalized spacial score (nSPS) is 15.9. The summed E-state index contributed by atoms with van der Waals surface area (Å²) in [6, 6.07) is 5.11. The number of hydrogen-bond acceptors (Lipinski definition) is 8. The van der Waals surface area contributed by atoms with E-state index in [2.05, 4.69) is 25.0 Å². The molecule has 0 spiro atoms. The molecule has 0 unspecified atom stereocenters. The van der Waals surface area contributed by atoms with Gasteiger partial charge in [0.2, 0.25) is 11.7 Å². The fourth-order valence-electron chi connectivity index (χ4n) is 3.51. The van der Waals surface area contributed by atoms with E-state index in [1.807, 2.05) is 0 Å². The van der Waals surface area contributed by atoms with Crippen LogP contribution in [0.15, 0.2) is 30.6 Å². The Morgan fingerprint density at radius 3 is 2.64 bits per heavy atom. The van der Waals surface area contributed by atoms with E-state index in [0.717, 1.165) is 12.1 Å². The summed E-state index contributed by atoms with van der Waals surface area (Å²) < 4.78 is 68.6. The number of halogens is 4. The van der Waals surface area contributed by atoms with Gasteiger partial charge >= 0.3 is 12.7 Å². The summed E-state index contributed by atoms with van der Waals surface area (Å²) in [5.74, 6) is -3.69. The lowest BCUT2D eigenvalue weighted by molar-refractivity contribution is -0.0525. The molecule has 1 aromatic carbocycles. The molecule has 0 aliphatic carbocycles. The van der Waals surface area contributed by atoms with Crippen LogP contribution in [0.5, 0.6) is 11.6 Å². The van der Waals surface area contributed by atoms with Crippen LogP contribution in [0.3, 0.4) is 0 Å². The van der Waals surface area contributed by atoms with Crippen LogP contribution in [0.4, 0.5) is 33.9 Å². The van der Waals surface area contributed by atoms with Crippen LogP contribution >= 0.6 is 0 Å². The smallest absolute Gasteiger partial charge is 0.410 e. The Morgan fingerprint density at radius 1 is 1.14 bits per heavy atom. The second-order valence-electron chi connectivity index (χ2n) is 8.94. The lowest BCUT2D eigenvalue weighted by atomic mass is 10.2. The molecular weight excluding hydrogens is 486 g/mol. The van der Waals surface area contributed by atoms with Crippen molar-refractivity contribution in [1.82, 2.24) is 19.9 Å². The second-order valence-corrected chi connectivity index (χ2v) is 8.94. The number of pyridine rings is 1. The first-order valence-electron chi connectivity index (χ1n) is 11.0. The number of anilines is 2. The van der Waals surface area contributed by atoms with Gasteiger partial charge in [0.1, 0.15) is 23.5 Å². The summed E-state index contributed by atoms with van der Waals surface area (Å²) in [4.78, 5) is 26.4. The monoisotopic (exact) mass is 509 g/mol. The molecule has 0 bridgehead atoms. The number of carbonyl (C=O) groups is 1. The first-order chi connectivity index (χ1) is 17.0. The summed E-state index contributed by atoms with van der Waals surface area (Å²) >= 11 is 0. The summed E-state index contributed by atoms with van der Waals surface area (Å²) in [6.45, 7) is 2.82. The Hall–Kier alpha value is -3.90. The zero-order valence-corrected chi connectivity index (χ0v) is 19.6. The van der Waals surface area contributed by atoms with E-state index in [4.69, 9.17) is 9.47 Å². The molecule has 9 nitrogen and oxygen atoms in total. The fraction of sp³-hybridized carbons (Fsp3) is 0.391. The van der Waals surface area contributed by atoms with Gasteiger partial charge < -0.3 is 24.4 Å². The third-order valence-corrected chi connectivity index (χ3v) is 5.06. The van der Waals surface area contributed by atoms with Crippen LogP contribution in [0.2, 0.25) is 0 Å². The highest BCUT2D eigenvalue weighted by Crippen LogP contribution is 2.31. The van der Waals surface area contributed by atoms with E-state index < -0.39 is 35.7 Å². The van der Waals surface area contributed by atoms with E-state index in [1.165, 1.54) is 6.33 Å². The zero-order chi connectivity index (χ0) is 26.0. The maximum Gasteiger partial charge on any atom is 0.410 e. The molecule has 3 heterocycles. The number of hydrogen-bond donors (Lipinski definition) is 1. The van der Waals surface area contributed by atoms with Gasteiger partial charge in [-0.05, 0) is 39.0 Å². The quantitative estimate of drug-likeness (QED) is 0.462. The van der Waals surface area contributed by atoms with Gasteiger partial charge in [-0.1, -0.05) is 0 Å². The highest BCUT2D eigenvalue weighted by atomic mass is 19.3. The van der Waals surface area contributed by atoms with Crippen molar-refractivity contribution in [3.63, 3.8) is 0 Å². The van der Waals surface area contributed by atoms with Crippen molar-refractivity contribution in [2.75, 3.05) is 18.4 Å². The van der Waals surface area contributed by atoms with Gasteiger partial charge in [0.05, 0.1) is 17.7 Å². The van der Waals surface area contributed by atoms with Crippen molar-refractivity contribution in [2.45, 2.75) is 45.5 Å². The maximum atomic E-state index is 14.5. The second kappa shape index (κ2) is 9.99. The topological polar surface area (TPSA) is 98.7 Å². The van der Waals surface area contributed by atoms with Gasteiger partial charge in [-0.3, -0.25) is 0 Å². The number of carbonyl (C=O) groups excluding carboxylic acids is 1. The van der Waals surface area contributed by atoms with Crippen molar-refractivity contribution in [3.8, 4) is 11.6 Å². The number of ether oxygens (including phenoxy) is 3. The van der Waals surface area contributed by atoms with Crippen LogP contribution in [0.1, 0.15) is 27.2 Å². The number of benzene rings is 1. The predicted octanol–water partition coefficient (Wildman–Crippen LogP) is 5.04. The molecule has 36 heavy (non-hydrogen) atoms. The van der Waals surface area contributed by atoms with Gasteiger partial charge in [-0.25, -0.2) is 24.1 Å². The van der Waals surface area contributed by atoms with Gasteiger partial charge in [0, 0.05) is 19.0 Å². The highest BCUT2D eigenvalue weighted by Gasteiger charge is 2.31. The third kappa shape index (κ3) is 5.83. The minimum absolute atomic E-state index is 0.0353. The number of likely N-dealkylation sites (tertiary alicyclic amines) is 1. The first-order valence-corrected chi connectivity index (χ1v) is 11.0. The summed E-state index contributed by atoms with van der Waals surface area (Å²) in [5.41, 5.74) is -0.395. The zero-order valence-electron chi connectivity index (χ0n) is 19.6. The Bertz CT molecular complexity index is 1270. The van der Waals surface area contributed by atoms with Crippen LogP contribution in [0.25, 0.3) is 11.0 Å². The van der Waals surface area contributed by atoms with Crippen LogP contribution in [-0.2, 0) is 4.74 Å². The molecule has 3 aromatic rings. The van der Waals surface area contributed by atoms with Crippen molar-refractivity contribution in [1.29, 1.82) is 0 Å². The number of alkyl halides is 2. The average molecular weight is 509 g/mol. The molecule has 13 heteroatoms. The lowest BCUT2D eigenvalue weighted by Crippen LogP contribution is -2.36. The number of rotatable bonds is 6. The number of aromatic nitrogens is 3. The Morgan fingerprint density at radius 2 is 1.92 bits per heavy atom. The van der Waals surface area contributed by atoms with E-state index in [1.54, 1.807) is 37.8 Å². The van der Waals surface area contributed by atoms with E-state index in [-0.39, 0.29) is 29.0 Å². The predicted molar refractivity (Wildman–Crippen MR) is 120 cm³/mol. The van der Waals surface area contributed by atoms with Crippen molar-refractivity contribution in [2.24, 2.45) is 0 Å². The van der Waals surface area contributed by atoms with Gasteiger partial charge in [0.25, 0.3) is 0 Å². The molecule has 1 amide bonds. The van der Waals surface area contributed by atoms with Gasteiger partial charge in [-0.2, -0.15) is 13.2 Å². The molecule has 1 aliphatic rings. The molecule has 1 fully saturated rings. The van der Waals surface area contributed by atoms with E-state index in [0.29, 0.717) is 25.0 Å². The molecule has 1 atom stereocenters. The molecular formula is C23H23F4N5O4. The van der Waals surface area contributed by atoms with E-state index in [9.17, 15) is 22.4 Å².